The molecule has 0 fully saturated rings. The fourth-order valence-corrected chi connectivity index (χ4v) is 2.98. The van der Waals surface area contributed by atoms with Crippen LogP contribution in [0, 0.1) is 18.3 Å². The number of nitrogen functional groups attached to an aromatic ring is 1. The lowest BCUT2D eigenvalue weighted by molar-refractivity contribution is 0.994. The van der Waals surface area contributed by atoms with Gasteiger partial charge in [-0.3, -0.25) is 0 Å². The maximum absolute atomic E-state index is 8.91. The average Bonchev–Trinajstić information content (AvgIpc) is 2.37. The highest BCUT2D eigenvalue weighted by Gasteiger charge is 2.09. The van der Waals surface area contributed by atoms with Crippen molar-refractivity contribution in [2.75, 3.05) is 5.73 Å². The van der Waals surface area contributed by atoms with Gasteiger partial charge in [-0.25, -0.2) is 9.97 Å². The van der Waals surface area contributed by atoms with E-state index in [9.17, 15) is 0 Å². The molecular formula is C13H11BrN4S. The highest BCUT2D eigenvalue weighted by Crippen LogP contribution is 2.29. The monoisotopic (exact) mass is 334 g/mol. The third-order valence-corrected chi connectivity index (χ3v) is 4.49. The zero-order valence-electron chi connectivity index (χ0n) is 10.2. The quantitative estimate of drug-likeness (QED) is 0.871. The van der Waals surface area contributed by atoms with E-state index in [0.29, 0.717) is 22.8 Å². The van der Waals surface area contributed by atoms with Gasteiger partial charge >= 0.3 is 0 Å². The van der Waals surface area contributed by atoms with E-state index in [1.807, 2.05) is 30.3 Å². The first-order chi connectivity index (χ1) is 9.11. The van der Waals surface area contributed by atoms with E-state index >= 15 is 0 Å². The van der Waals surface area contributed by atoms with Crippen LogP contribution in [0.2, 0.25) is 0 Å². The zero-order valence-corrected chi connectivity index (χ0v) is 12.6. The third-order valence-electron chi connectivity index (χ3n) is 2.47. The summed E-state index contributed by atoms with van der Waals surface area (Å²) in [5.74, 6) is 1.49. The van der Waals surface area contributed by atoms with Crippen molar-refractivity contribution in [2.24, 2.45) is 0 Å². The predicted molar refractivity (Wildman–Crippen MR) is 79.6 cm³/mol. The number of thioether (sulfide) groups is 1. The lowest BCUT2D eigenvalue weighted by Crippen LogP contribution is -2.04. The molecular weight excluding hydrogens is 324 g/mol. The second-order valence-electron chi connectivity index (χ2n) is 3.82. The van der Waals surface area contributed by atoms with E-state index in [1.54, 1.807) is 18.7 Å². The van der Waals surface area contributed by atoms with Gasteiger partial charge in [0.05, 0.1) is 11.4 Å². The molecule has 0 saturated carbocycles. The maximum atomic E-state index is 8.91. The average molecular weight is 335 g/mol. The summed E-state index contributed by atoms with van der Waals surface area (Å²) in [5.41, 5.74) is 6.72. The summed E-state index contributed by atoms with van der Waals surface area (Å²) in [7, 11) is 0. The molecule has 0 aliphatic carbocycles. The number of nitrogens with zero attached hydrogens (tertiary/aromatic N) is 3. The molecule has 0 amide bonds. The van der Waals surface area contributed by atoms with Crippen molar-refractivity contribution >= 4 is 33.5 Å². The second-order valence-corrected chi connectivity index (χ2v) is 5.69. The maximum Gasteiger partial charge on any atom is 0.145 e. The number of anilines is 1. The Bertz CT molecular complexity index is 628. The third kappa shape index (κ3) is 3.25. The summed E-state index contributed by atoms with van der Waals surface area (Å²) in [4.78, 5) is 9.57. The molecule has 6 heteroatoms. The van der Waals surface area contributed by atoms with Crippen LogP contribution < -0.4 is 5.73 Å². The number of nitrogens with two attached hydrogens (primary N) is 1. The number of halogens is 1. The Kier molecular flexibility index (Phi) is 4.40. The molecule has 0 bridgehead atoms. The minimum Gasteiger partial charge on any atom is -0.382 e. The summed E-state index contributed by atoms with van der Waals surface area (Å²) in [5, 5.41) is 8.91. The van der Waals surface area contributed by atoms with Crippen molar-refractivity contribution in [3.05, 3.63) is 45.8 Å². The highest BCUT2D eigenvalue weighted by molar-refractivity contribution is 9.10. The van der Waals surface area contributed by atoms with Gasteiger partial charge in [0.15, 0.2) is 0 Å². The number of hydrogen-bond acceptors (Lipinski definition) is 5. The summed E-state index contributed by atoms with van der Waals surface area (Å²) in [6, 6.07) is 9.96. The SMILES string of the molecule is Cc1nc(CSc2ccccc2Br)nc(N)c1C#N. The Morgan fingerprint density at radius 1 is 1.37 bits per heavy atom. The van der Waals surface area contributed by atoms with Crippen molar-refractivity contribution in [3.63, 3.8) is 0 Å². The molecule has 1 aromatic carbocycles. The Balaban J connectivity index is 2.17. The van der Waals surface area contributed by atoms with Gasteiger partial charge in [0, 0.05) is 9.37 Å². The largest absolute Gasteiger partial charge is 0.382 e. The molecule has 96 valence electrons. The predicted octanol–water partition coefficient (Wildman–Crippen LogP) is 3.29. The van der Waals surface area contributed by atoms with Gasteiger partial charge in [0.25, 0.3) is 0 Å². The highest BCUT2D eigenvalue weighted by atomic mass is 79.9. The fourth-order valence-electron chi connectivity index (χ4n) is 1.56. The number of hydrogen-bond donors (Lipinski definition) is 1. The summed E-state index contributed by atoms with van der Waals surface area (Å²) >= 11 is 5.11. The lowest BCUT2D eigenvalue weighted by Gasteiger charge is -2.06. The zero-order chi connectivity index (χ0) is 13.8. The van der Waals surface area contributed by atoms with Crippen LogP contribution in [0.1, 0.15) is 17.1 Å². The molecule has 0 aliphatic heterocycles. The Hall–Kier alpha value is -1.58. The summed E-state index contributed by atoms with van der Waals surface area (Å²) < 4.78 is 1.04. The number of aromatic nitrogens is 2. The number of nitriles is 1. The minimum atomic E-state index is 0.248. The van der Waals surface area contributed by atoms with E-state index in [0.717, 1.165) is 9.37 Å². The molecule has 1 aromatic heterocycles. The Labute approximate surface area is 124 Å². The molecule has 1 heterocycles. The van der Waals surface area contributed by atoms with Crippen molar-refractivity contribution in [2.45, 2.75) is 17.6 Å². The number of benzene rings is 1. The van der Waals surface area contributed by atoms with E-state index in [2.05, 4.69) is 25.9 Å². The normalized spacial score (nSPS) is 10.2. The van der Waals surface area contributed by atoms with Crippen LogP contribution in [0.5, 0.6) is 0 Å². The molecule has 0 aliphatic rings. The van der Waals surface area contributed by atoms with Gasteiger partial charge in [-0.1, -0.05) is 12.1 Å². The van der Waals surface area contributed by atoms with Crippen molar-refractivity contribution in [1.29, 1.82) is 5.26 Å². The molecule has 2 N–H and O–H groups in total. The van der Waals surface area contributed by atoms with Crippen molar-refractivity contribution in [1.82, 2.24) is 9.97 Å². The molecule has 2 rings (SSSR count). The van der Waals surface area contributed by atoms with Crippen LogP contribution >= 0.6 is 27.7 Å². The Morgan fingerprint density at radius 3 is 2.74 bits per heavy atom. The van der Waals surface area contributed by atoms with E-state index in [1.165, 1.54) is 0 Å². The van der Waals surface area contributed by atoms with Gasteiger partial charge < -0.3 is 5.73 Å². The van der Waals surface area contributed by atoms with Crippen LogP contribution in [0.25, 0.3) is 0 Å². The van der Waals surface area contributed by atoms with Crippen LogP contribution in [0.4, 0.5) is 5.82 Å². The van der Waals surface area contributed by atoms with E-state index < -0.39 is 0 Å². The smallest absolute Gasteiger partial charge is 0.145 e. The lowest BCUT2D eigenvalue weighted by atomic mass is 10.2. The van der Waals surface area contributed by atoms with Gasteiger partial charge in [0.2, 0.25) is 0 Å². The summed E-state index contributed by atoms with van der Waals surface area (Å²) in [6.45, 7) is 1.77. The molecule has 0 spiro atoms. The molecule has 2 aromatic rings. The van der Waals surface area contributed by atoms with E-state index in [4.69, 9.17) is 11.0 Å². The standard InChI is InChI=1S/C13H11BrN4S/c1-8-9(6-15)13(16)18-12(17-8)7-19-11-5-3-2-4-10(11)14/h2-5H,7H2,1H3,(H2,16,17,18). The van der Waals surface area contributed by atoms with Gasteiger partial charge in [-0.2, -0.15) is 5.26 Å². The molecule has 0 radical (unpaired) electrons. The first kappa shape index (κ1) is 13.8. The van der Waals surface area contributed by atoms with Gasteiger partial charge in [0.1, 0.15) is 23.3 Å². The number of rotatable bonds is 3. The van der Waals surface area contributed by atoms with Crippen LogP contribution in [0.15, 0.2) is 33.6 Å². The molecule has 4 nitrogen and oxygen atoms in total. The second kappa shape index (κ2) is 6.04. The van der Waals surface area contributed by atoms with Gasteiger partial charge in [-0.05, 0) is 35.0 Å². The topological polar surface area (TPSA) is 75.6 Å². The van der Waals surface area contributed by atoms with Crippen LogP contribution in [-0.2, 0) is 5.75 Å². The molecule has 0 unspecified atom stereocenters. The van der Waals surface area contributed by atoms with E-state index in [-0.39, 0.29) is 5.82 Å². The fraction of sp³-hybridized carbons (Fsp3) is 0.154. The molecule has 19 heavy (non-hydrogen) atoms. The van der Waals surface area contributed by atoms with Crippen LogP contribution in [-0.4, -0.2) is 9.97 Å². The molecule has 0 atom stereocenters. The first-order valence-electron chi connectivity index (χ1n) is 5.52. The van der Waals surface area contributed by atoms with Crippen LogP contribution in [0.3, 0.4) is 0 Å². The van der Waals surface area contributed by atoms with Gasteiger partial charge in [-0.15, -0.1) is 11.8 Å². The number of aryl methyl sites for hydroxylation is 1. The first-order valence-corrected chi connectivity index (χ1v) is 7.30. The van der Waals surface area contributed by atoms with Crippen molar-refractivity contribution in [3.8, 4) is 6.07 Å². The minimum absolute atomic E-state index is 0.248. The summed E-state index contributed by atoms with van der Waals surface area (Å²) in [6.07, 6.45) is 0. The van der Waals surface area contributed by atoms with Crippen molar-refractivity contribution < 1.29 is 0 Å². The Morgan fingerprint density at radius 2 is 2.11 bits per heavy atom. The molecule has 0 saturated heterocycles.